The average molecular weight is 349 g/mol. The topological polar surface area (TPSA) is 112 Å². The van der Waals surface area contributed by atoms with E-state index in [1.807, 2.05) is 0 Å². The molecule has 130 valence electrons. The van der Waals surface area contributed by atoms with Crippen LogP contribution < -0.4 is 16.2 Å². The van der Waals surface area contributed by atoms with Gasteiger partial charge in [0.1, 0.15) is 5.00 Å². The Hall–Kier alpha value is -2.15. The molecule has 2 rings (SSSR count). The molecule has 1 unspecified atom stereocenters. The average Bonchev–Trinajstić information content (AvgIpc) is 2.80. The number of primary amides is 1. The van der Waals surface area contributed by atoms with Gasteiger partial charge in [-0.15, -0.1) is 11.3 Å². The van der Waals surface area contributed by atoms with Gasteiger partial charge in [-0.25, -0.2) is 0 Å². The molecule has 7 heteroatoms. The van der Waals surface area contributed by atoms with Crippen molar-refractivity contribution in [3.8, 4) is 0 Å². The van der Waals surface area contributed by atoms with Crippen LogP contribution in [-0.2, 0) is 22.4 Å². The fourth-order valence-electron chi connectivity index (χ4n) is 2.97. The van der Waals surface area contributed by atoms with E-state index in [9.17, 15) is 19.5 Å². The van der Waals surface area contributed by atoms with Crippen LogP contribution in [0.25, 0.3) is 0 Å². The summed E-state index contributed by atoms with van der Waals surface area (Å²) < 4.78 is 0. The summed E-state index contributed by atoms with van der Waals surface area (Å²) in [6, 6.07) is 0. The van der Waals surface area contributed by atoms with Crippen LogP contribution in [0.2, 0.25) is 0 Å². The second-order valence-corrected chi connectivity index (χ2v) is 8.12. The van der Waals surface area contributed by atoms with Crippen LogP contribution in [-0.4, -0.2) is 17.8 Å². The number of nitrogens with two attached hydrogens (primary N) is 1. The zero-order valence-corrected chi connectivity index (χ0v) is 14.8. The standard InChI is InChI=1S/C17H22N2O4S/c1-17(2,3)9-4-5-10-11(8-9)24-16(14(10)15(18)23)19-12(20)6-7-13(21)22/h6-7,9H,4-5,8H2,1-3H3,(H2,18,23)(H,19,20)(H,21,22)/p-1. The molecule has 3 N–H and O–H groups in total. The molecule has 0 saturated carbocycles. The molecule has 0 spiro atoms. The third-order valence-corrected chi connectivity index (χ3v) is 5.51. The van der Waals surface area contributed by atoms with Gasteiger partial charge in [0.25, 0.3) is 5.91 Å². The summed E-state index contributed by atoms with van der Waals surface area (Å²) in [5.41, 5.74) is 6.91. The number of carbonyl (C=O) groups excluding carboxylic acids is 3. The molecular formula is C17H21N2O4S-. The quantitative estimate of drug-likeness (QED) is 0.796. The Morgan fingerprint density at radius 1 is 1.29 bits per heavy atom. The zero-order chi connectivity index (χ0) is 18.1. The van der Waals surface area contributed by atoms with Gasteiger partial charge in [0.15, 0.2) is 0 Å². The van der Waals surface area contributed by atoms with Gasteiger partial charge < -0.3 is 21.0 Å². The third kappa shape index (κ3) is 4.03. The van der Waals surface area contributed by atoms with Gasteiger partial charge in [0, 0.05) is 11.0 Å². The van der Waals surface area contributed by atoms with Gasteiger partial charge in [0.05, 0.1) is 11.5 Å². The monoisotopic (exact) mass is 349 g/mol. The van der Waals surface area contributed by atoms with Crippen LogP contribution in [0.3, 0.4) is 0 Å². The highest BCUT2D eigenvalue weighted by Gasteiger charge is 2.33. The van der Waals surface area contributed by atoms with Crippen molar-refractivity contribution in [3.05, 3.63) is 28.2 Å². The Bertz CT molecular complexity index is 713. The Morgan fingerprint density at radius 2 is 1.96 bits per heavy atom. The second kappa shape index (κ2) is 6.76. The lowest BCUT2D eigenvalue weighted by atomic mass is 9.72. The first-order chi connectivity index (χ1) is 11.1. The number of hydrogen-bond donors (Lipinski definition) is 2. The molecular weight excluding hydrogens is 328 g/mol. The number of carboxylic acid groups (broad SMARTS) is 1. The van der Waals surface area contributed by atoms with Crippen LogP contribution in [0.5, 0.6) is 0 Å². The van der Waals surface area contributed by atoms with E-state index < -0.39 is 17.8 Å². The SMILES string of the molecule is CC(C)(C)C1CCc2c(sc(NC(=O)C=CC(=O)[O-])c2C(N)=O)C1. The number of hydrogen-bond acceptors (Lipinski definition) is 5. The molecule has 0 bridgehead atoms. The number of anilines is 1. The summed E-state index contributed by atoms with van der Waals surface area (Å²) in [5, 5.41) is 13.3. The first-order valence-electron chi connectivity index (χ1n) is 7.74. The van der Waals surface area contributed by atoms with E-state index in [1.165, 1.54) is 11.3 Å². The number of rotatable bonds is 4. The Balaban J connectivity index is 2.31. The molecule has 6 nitrogen and oxygen atoms in total. The third-order valence-electron chi connectivity index (χ3n) is 4.34. The van der Waals surface area contributed by atoms with E-state index >= 15 is 0 Å². The highest BCUT2D eigenvalue weighted by atomic mass is 32.1. The highest BCUT2D eigenvalue weighted by molar-refractivity contribution is 7.17. The zero-order valence-electron chi connectivity index (χ0n) is 14.0. The fourth-order valence-corrected chi connectivity index (χ4v) is 4.31. The molecule has 1 aliphatic rings. The van der Waals surface area contributed by atoms with E-state index in [0.29, 0.717) is 22.6 Å². The molecule has 1 atom stereocenters. The number of carboxylic acids is 1. The van der Waals surface area contributed by atoms with Gasteiger partial charge in [-0.2, -0.15) is 0 Å². The summed E-state index contributed by atoms with van der Waals surface area (Å²) >= 11 is 1.34. The molecule has 0 saturated heterocycles. The summed E-state index contributed by atoms with van der Waals surface area (Å²) in [6.07, 6.45) is 4.05. The fraction of sp³-hybridized carbons (Fsp3) is 0.471. The number of thiophene rings is 1. The first-order valence-corrected chi connectivity index (χ1v) is 8.55. The van der Waals surface area contributed by atoms with Crippen molar-refractivity contribution in [2.75, 3.05) is 5.32 Å². The van der Waals surface area contributed by atoms with Crippen molar-refractivity contribution < 1.29 is 19.5 Å². The minimum atomic E-state index is -1.46. The van der Waals surface area contributed by atoms with Crippen molar-refractivity contribution in [1.29, 1.82) is 0 Å². The lowest BCUT2D eigenvalue weighted by molar-refractivity contribution is -0.297. The minimum absolute atomic E-state index is 0.162. The second-order valence-electron chi connectivity index (χ2n) is 7.02. The van der Waals surface area contributed by atoms with Crippen LogP contribution in [0.15, 0.2) is 12.2 Å². The van der Waals surface area contributed by atoms with E-state index in [1.54, 1.807) is 0 Å². The summed E-state index contributed by atoms with van der Waals surface area (Å²) in [7, 11) is 0. The maximum absolute atomic E-state index is 11.8. The molecule has 0 aromatic carbocycles. The minimum Gasteiger partial charge on any atom is -0.545 e. The van der Waals surface area contributed by atoms with Gasteiger partial charge in [-0.3, -0.25) is 9.59 Å². The molecule has 1 heterocycles. The summed E-state index contributed by atoms with van der Waals surface area (Å²) in [4.78, 5) is 35.1. The summed E-state index contributed by atoms with van der Waals surface area (Å²) in [6.45, 7) is 6.58. The highest BCUT2D eigenvalue weighted by Crippen LogP contribution is 2.44. The van der Waals surface area contributed by atoms with Crippen molar-refractivity contribution in [2.24, 2.45) is 17.1 Å². The molecule has 1 aromatic rings. The summed E-state index contributed by atoms with van der Waals surface area (Å²) in [5.74, 6) is -2.18. The van der Waals surface area contributed by atoms with Crippen LogP contribution >= 0.6 is 11.3 Å². The van der Waals surface area contributed by atoms with Gasteiger partial charge in [-0.05, 0) is 42.2 Å². The normalized spacial score (nSPS) is 17.5. The Morgan fingerprint density at radius 3 is 2.50 bits per heavy atom. The number of aliphatic carboxylic acids is 1. The maximum Gasteiger partial charge on any atom is 0.251 e. The van der Waals surface area contributed by atoms with Crippen molar-refractivity contribution in [2.45, 2.75) is 40.0 Å². The number of amides is 2. The smallest absolute Gasteiger partial charge is 0.251 e. The van der Waals surface area contributed by atoms with Gasteiger partial charge in [0.2, 0.25) is 5.91 Å². The Kier molecular flexibility index (Phi) is 5.13. The van der Waals surface area contributed by atoms with Crippen molar-refractivity contribution >= 4 is 34.1 Å². The van der Waals surface area contributed by atoms with E-state index in [-0.39, 0.29) is 5.41 Å². The molecule has 0 fully saturated rings. The van der Waals surface area contributed by atoms with Crippen LogP contribution in [0, 0.1) is 11.3 Å². The van der Waals surface area contributed by atoms with Crippen molar-refractivity contribution in [1.82, 2.24) is 0 Å². The van der Waals surface area contributed by atoms with Crippen LogP contribution in [0.1, 0.15) is 48.0 Å². The predicted molar refractivity (Wildman–Crippen MR) is 90.6 cm³/mol. The largest absolute Gasteiger partial charge is 0.545 e. The lowest BCUT2D eigenvalue weighted by Crippen LogP contribution is -2.27. The maximum atomic E-state index is 11.8. The first kappa shape index (κ1) is 18.2. The van der Waals surface area contributed by atoms with E-state index in [4.69, 9.17) is 5.73 Å². The van der Waals surface area contributed by atoms with Crippen LogP contribution in [0.4, 0.5) is 5.00 Å². The van der Waals surface area contributed by atoms with Gasteiger partial charge in [-0.1, -0.05) is 20.8 Å². The number of nitrogens with one attached hydrogen (secondary N) is 1. The molecule has 2 amide bonds. The number of carbonyl (C=O) groups is 3. The molecule has 1 aromatic heterocycles. The van der Waals surface area contributed by atoms with Crippen molar-refractivity contribution in [3.63, 3.8) is 0 Å². The Labute approximate surface area is 144 Å². The molecule has 0 radical (unpaired) electrons. The van der Waals surface area contributed by atoms with E-state index in [0.717, 1.165) is 35.8 Å². The van der Waals surface area contributed by atoms with E-state index in [2.05, 4.69) is 26.1 Å². The molecule has 0 aliphatic heterocycles. The predicted octanol–water partition coefficient (Wildman–Crippen LogP) is 1.24. The van der Waals surface area contributed by atoms with Gasteiger partial charge >= 0.3 is 0 Å². The number of fused-ring (bicyclic) bond motifs is 1. The molecule has 1 aliphatic carbocycles. The lowest BCUT2D eigenvalue weighted by Gasteiger charge is -2.33. The molecule has 24 heavy (non-hydrogen) atoms.